The molecular formula is C15H15F2NO2. The number of ether oxygens (including phenoxy) is 2. The van der Waals surface area contributed by atoms with Gasteiger partial charge in [0.2, 0.25) is 0 Å². The van der Waals surface area contributed by atoms with Crippen LogP contribution < -0.4 is 14.8 Å². The van der Waals surface area contributed by atoms with E-state index in [1.165, 1.54) is 32.4 Å². The maximum atomic E-state index is 13.8. The number of halogens is 2. The first kappa shape index (κ1) is 14.1. The average Bonchev–Trinajstić information content (AvgIpc) is 2.46. The molecule has 3 nitrogen and oxygen atoms in total. The molecule has 0 bridgehead atoms. The Morgan fingerprint density at radius 2 is 1.80 bits per heavy atom. The largest absolute Gasteiger partial charge is 0.497 e. The van der Waals surface area contributed by atoms with Crippen molar-refractivity contribution in [2.24, 2.45) is 0 Å². The van der Waals surface area contributed by atoms with E-state index in [0.29, 0.717) is 22.7 Å². The summed E-state index contributed by atoms with van der Waals surface area (Å²) >= 11 is 0. The summed E-state index contributed by atoms with van der Waals surface area (Å²) in [5.41, 5.74) is 1.08. The second kappa shape index (κ2) is 6.23. The molecule has 0 aliphatic heterocycles. The minimum atomic E-state index is -0.386. The molecule has 1 N–H and O–H groups in total. The standard InChI is InChI=1S/C15H15F2NO2/c1-19-12-5-3-10(13(17)8-12)9-18-14-6-4-11(16)7-15(14)20-2/h3-8,18H,9H2,1-2H3. The topological polar surface area (TPSA) is 30.5 Å². The number of hydrogen-bond acceptors (Lipinski definition) is 3. The van der Waals surface area contributed by atoms with E-state index in [1.807, 2.05) is 0 Å². The van der Waals surface area contributed by atoms with Gasteiger partial charge in [0, 0.05) is 24.2 Å². The van der Waals surface area contributed by atoms with Gasteiger partial charge in [-0.25, -0.2) is 8.78 Å². The fourth-order valence-corrected chi connectivity index (χ4v) is 1.80. The molecule has 0 saturated heterocycles. The van der Waals surface area contributed by atoms with Gasteiger partial charge in [-0.2, -0.15) is 0 Å². The summed E-state index contributed by atoms with van der Waals surface area (Å²) in [5, 5.41) is 3.01. The van der Waals surface area contributed by atoms with Crippen molar-refractivity contribution in [1.29, 1.82) is 0 Å². The van der Waals surface area contributed by atoms with Crippen molar-refractivity contribution >= 4 is 5.69 Å². The second-order valence-electron chi connectivity index (χ2n) is 4.16. The van der Waals surface area contributed by atoms with Crippen LogP contribution >= 0.6 is 0 Å². The van der Waals surface area contributed by atoms with Crippen LogP contribution in [-0.4, -0.2) is 14.2 Å². The number of benzene rings is 2. The lowest BCUT2D eigenvalue weighted by Gasteiger charge is -2.12. The highest BCUT2D eigenvalue weighted by atomic mass is 19.1. The smallest absolute Gasteiger partial charge is 0.144 e. The van der Waals surface area contributed by atoms with Crippen LogP contribution in [-0.2, 0) is 6.54 Å². The molecular weight excluding hydrogens is 264 g/mol. The summed E-state index contributed by atoms with van der Waals surface area (Å²) in [5.74, 6) is 0.0884. The molecule has 106 valence electrons. The molecule has 0 saturated carbocycles. The highest BCUT2D eigenvalue weighted by molar-refractivity contribution is 5.56. The quantitative estimate of drug-likeness (QED) is 0.907. The molecule has 0 spiro atoms. The molecule has 0 aromatic heterocycles. The summed E-state index contributed by atoms with van der Waals surface area (Å²) in [7, 11) is 2.93. The van der Waals surface area contributed by atoms with E-state index in [2.05, 4.69) is 5.32 Å². The van der Waals surface area contributed by atoms with Crippen LogP contribution in [0, 0.1) is 11.6 Å². The Bertz CT molecular complexity index is 602. The van der Waals surface area contributed by atoms with Crippen LogP contribution in [0.15, 0.2) is 36.4 Å². The number of rotatable bonds is 5. The Balaban J connectivity index is 2.12. The lowest BCUT2D eigenvalue weighted by molar-refractivity contribution is 0.410. The molecule has 0 aliphatic rings. The lowest BCUT2D eigenvalue weighted by Crippen LogP contribution is -2.03. The zero-order valence-electron chi connectivity index (χ0n) is 11.2. The van der Waals surface area contributed by atoms with E-state index in [0.717, 1.165) is 0 Å². The van der Waals surface area contributed by atoms with Gasteiger partial charge in [-0.15, -0.1) is 0 Å². The Morgan fingerprint density at radius 1 is 1.00 bits per heavy atom. The minimum absolute atomic E-state index is 0.262. The van der Waals surface area contributed by atoms with Gasteiger partial charge in [0.15, 0.2) is 0 Å². The second-order valence-corrected chi connectivity index (χ2v) is 4.16. The maximum absolute atomic E-state index is 13.8. The average molecular weight is 279 g/mol. The van der Waals surface area contributed by atoms with Gasteiger partial charge in [0.1, 0.15) is 23.1 Å². The van der Waals surface area contributed by atoms with Crippen molar-refractivity contribution in [2.45, 2.75) is 6.54 Å². The molecule has 0 aliphatic carbocycles. The molecule has 2 aromatic rings. The first-order valence-electron chi connectivity index (χ1n) is 6.04. The molecule has 0 atom stereocenters. The molecule has 0 heterocycles. The van der Waals surface area contributed by atoms with Crippen LogP contribution in [0.4, 0.5) is 14.5 Å². The Hall–Kier alpha value is -2.30. The van der Waals surface area contributed by atoms with Crippen molar-refractivity contribution in [1.82, 2.24) is 0 Å². The van der Waals surface area contributed by atoms with Crippen LogP contribution in [0.1, 0.15) is 5.56 Å². The van der Waals surface area contributed by atoms with E-state index in [4.69, 9.17) is 9.47 Å². The maximum Gasteiger partial charge on any atom is 0.144 e. The van der Waals surface area contributed by atoms with E-state index < -0.39 is 0 Å². The third kappa shape index (κ3) is 3.17. The zero-order chi connectivity index (χ0) is 14.5. The fraction of sp³-hybridized carbons (Fsp3) is 0.200. The molecule has 2 rings (SSSR count). The highest BCUT2D eigenvalue weighted by Gasteiger charge is 2.07. The summed E-state index contributed by atoms with van der Waals surface area (Å²) in [6.45, 7) is 0.262. The summed E-state index contributed by atoms with van der Waals surface area (Å²) in [4.78, 5) is 0. The molecule has 2 aromatic carbocycles. The van der Waals surface area contributed by atoms with Crippen LogP contribution in [0.3, 0.4) is 0 Å². The van der Waals surface area contributed by atoms with Gasteiger partial charge in [0.05, 0.1) is 19.9 Å². The number of hydrogen-bond donors (Lipinski definition) is 1. The molecule has 0 amide bonds. The van der Waals surface area contributed by atoms with Gasteiger partial charge in [0.25, 0.3) is 0 Å². The molecule has 5 heteroatoms. The lowest BCUT2D eigenvalue weighted by atomic mass is 10.2. The van der Waals surface area contributed by atoms with E-state index >= 15 is 0 Å². The summed E-state index contributed by atoms with van der Waals surface area (Å²) in [6, 6.07) is 8.77. The van der Waals surface area contributed by atoms with E-state index in [9.17, 15) is 8.78 Å². The van der Waals surface area contributed by atoms with Gasteiger partial charge in [-0.3, -0.25) is 0 Å². The Labute approximate surface area is 116 Å². The fourth-order valence-electron chi connectivity index (χ4n) is 1.80. The van der Waals surface area contributed by atoms with Crippen molar-refractivity contribution in [3.63, 3.8) is 0 Å². The third-order valence-electron chi connectivity index (χ3n) is 2.89. The first-order chi connectivity index (χ1) is 9.63. The number of anilines is 1. The third-order valence-corrected chi connectivity index (χ3v) is 2.89. The first-order valence-corrected chi connectivity index (χ1v) is 6.04. The van der Waals surface area contributed by atoms with Crippen LogP contribution in [0.5, 0.6) is 11.5 Å². The van der Waals surface area contributed by atoms with Crippen molar-refractivity contribution in [3.8, 4) is 11.5 Å². The molecule has 20 heavy (non-hydrogen) atoms. The predicted octanol–water partition coefficient (Wildman–Crippen LogP) is 3.59. The van der Waals surface area contributed by atoms with Crippen molar-refractivity contribution in [3.05, 3.63) is 53.6 Å². The monoisotopic (exact) mass is 279 g/mol. The summed E-state index contributed by atoms with van der Waals surface area (Å²) < 4.78 is 36.8. The van der Waals surface area contributed by atoms with Crippen LogP contribution in [0.2, 0.25) is 0 Å². The Kier molecular flexibility index (Phi) is 4.40. The molecule has 0 radical (unpaired) electrons. The Morgan fingerprint density at radius 3 is 2.45 bits per heavy atom. The summed E-state index contributed by atoms with van der Waals surface area (Å²) in [6.07, 6.45) is 0. The van der Waals surface area contributed by atoms with Gasteiger partial charge >= 0.3 is 0 Å². The number of nitrogens with one attached hydrogen (secondary N) is 1. The van der Waals surface area contributed by atoms with E-state index in [-0.39, 0.29) is 18.2 Å². The van der Waals surface area contributed by atoms with Gasteiger partial charge in [-0.05, 0) is 18.2 Å². The molecule has 0 fully saturated rings. The predicted molar refractivity (Wildman–Crippen MR) is 73.2 cm³/mol. The van der Waals surface area contributed by atoms with Gasteiger partial charge in [-0.1, -0.05) is 6.07 Å². The van der Waals surface area contributed by atoms with E-state index in [1.54, 1.807) is 18.2 Å². The highest BCUT2D eigenvalue weighted by Crippen LogP contribution is 2.26. The minimum Gasteiger partial charge on any atom is -0.497 e. The van der Waals surface area contributed by atoms with Crippen molar-refractivity contribution < 1.29 is 18.3 Å². The molecule has 0 unspecified atom stereocenters. The van der Waals surface area contributed by atoms with Gasteiger partial charge < -0.3 is 14.8 Å². The number of methoxy groups -OCH3 is 2. The SMILES string of the molecule is COc1ccc(CNc2ccc(F)cc2OC)c(F)c1. The zero-order valence-corrected chi connectivity index (χ0v) is 11.2. The normalized spacial score (nSPS) is 10.2. The van der Waals surface area contributed by atoms with Crippen molar-refractivity contribution in [2.75, 3.05) is 19.5 Å². The van der Waals surface area contributed by atoms with Crippen LogP contribution in [0.25, 0.3) is 0 Å².